The Balaban J connectivity index is 2.10. The number of rotatable bonds is 7. The van der Waals surface area contributed by atoms with Crippen molar-refractivity contribution in [2.45, 2.75) is 46.8 Å². The first-order chi connectivity index (χ1) is 10.1. The highest BCUT2D eigenvalue weighted by Gasteiger charge is 2.12. The first kappa shape index (κ1) is 15.6. The molecule has 114 valence electrons. The average molecular weight is 288 g/mol. The maximum absolute atomic E-state index is 5.94. The zero-order chi connectivity index (χ0) is 15.2. The van der Waals surface area contributed by atoms with Crippen LogP contribution < -0.4 is 10.1 Å². The zero-order valence-electron chi connectivity index (χ0n) is 13.3. The molecule has 0 saturated carbocycles. The molecule has 0 aliphatic rings. The molecule has 0 amide bonds. The van der Waals surface area contributed by atoms with Gasteiger partial charge in [-0.3, -0.25) is 0 Å². The Kier molecular flexibility index (Phi) is 5.39. The van der Waals surface area contributed by atoms with Crippen LogP contribution in [0.4, 0.5) is 0 Å². The molecule has 1 aromatic heterocycles. The summed E-state index contributed by atoms with van der Waals surface area (Å²) in [4.78, 5) is 0. The van der Waals surface area contributed by atoms with Crippen molar-refractivity contribution in [3.05, 3.63) is 46.8 Å². The summed E-state index contributed by atoms with van der Waals surface area (Å²) in [6.45, 7) is 9.69. The molecule has 0 aliphatic carbocycles. The average Bonchev–Trinajstić information content (AvgIpc) is 2.88. The van der Waals surface area contributed by atoms with E-state index in [0.717, 1.165) is 30.2 Å². The summed E-state index contributed by atoms with van der Waals surface area (Å²) in [7, 11) is 0. The van der Waals surface area contributed by atoms with Gasteiger partial charge in [0.05, 0.1) is 5.69 Å². The van der Waals surface area contributed by atoms with Crippen molar-refractivity contribution < 1.29 is 9.26 Å². The molecule has 0 spiro atoms. The highest BCUT2D eigenvalue weighted by atomic mass is 16.5. The van der Waals surface area contributed by atoms with Gasteiger partial charge in [0.1, 0.15) is 12.4 Å². The van der Waals surface area contributed by atoms with Crippen molar-refractivity contribution in [1.82, 2.24) is 10.5 Å². The van der Waals surface area contributed by atoms with Gasteiger partial charge in [0.15, 0.2) is 5.76 Å². The van der Waals surface area contributed by atoms with Crippen LogP contribution in [0.25, 0.3) is 0 Å². The van der Waals surface area contributed by atoms with Crippen LogP contribution in [0.5, 0.6) is 5.75 Å². The van der Waals surface area contributed by atoms with Crippen molar-refractivity contribution in [3.8, 4) is 5.75 Å². The molecule has 1 atom stereocenters. The van der Waals surface area contributed by atoms with E-state index in [1.165, 1.54) is 11.1 Å². The lowest BCUT2D eigenvalue weighted by atomic mass is 10.0. The minimum atomic E-state index is 0.261. The maximum atomic E-state index is 5.94. The summed E-state index contributed by atoms with van der Waals surface area (Å²) in [5, 5.41) is 7.37. The van der Waals surface area contributed by atoms with Gasteiger partial charge in [-0.1, -0.05) is 24.2 Å². The van der Waals surface area contributed by atoms with E-state index in [1.807, 2.05) is 13.0 Å². The maximum Gasteiger partial charge on any atom is 0.174 e. The molecule has 4 heteroatoms. The molecule has 2 aromatic rings. The SMILES string of the molecule is CCCNC(C)c1ccc(C)cc1OCc1cc(C)no1. The Labute approximate surface area is 126 Å². The highest BCUT2D eigenvalue weighted by Crippen LogP contribution is 2.27. The number of hydrogen-bond acceptors (Lipinski definition) is 4. The first-order valence-electron chi connectivity index (χ1n) is 7.49. The smallest absolute Gasteiger partial charge is 0.174 e. The van der Waals surface area contributed by atoms with Gasteiger partial charge >= 0.3 is 0 Å². The Hall–Kier alpha value is -1.81. The lowest BCUT2D eigenvalue weighted by Gasteiger charge is -2.18. The van der Waals surface area contributed by atoms with Gasteiger partial charge < -0.3 is 14.6 Å². The number of ether oxygens (including phenoxy) is 1. The molecule has 0 saturated heterocycles. The van der Waals surface area contributed by atoms with Crippen molar-refractivity contribution >= 4 is 0 Å². The van der Waals surface area contributed by atoms with Crippen LogP contribution in [-0.2, 0) is 6.61 Å². The third-order valence-corrected chi connectivity index (χ3v) is 3.38. The third kappa shape index (κ3) is 4.33. The Morgan fingerprint density at radius 1 is 1.29 bits per heavy atom. The second-order valence-corrected chi connectivity index (χ2v) is 5.44. The molecule has 1 aromatic carbocycles. The Morgan fingerprint density at radius 2 is 2.10 bits per heavy atom. The molecule has 1 unspecified atom stereocenters. The number of aryl methyl sites for hydroxylation is 2. The van der Waals surface area contributed by atoms with Crippen LogP contribution in [0.15, 0.2) is 28.8 Å². The van der Waals surface area contributed by atoms with E-state index in [-0.39, 0.29) is 6.04 Å². The summed E-state index contributed by atoms with van der Waals surface area (Å²) in [5.41, 5.74) is 3.23. The van der Waals surface area contributed by atoms with Crippen LogP contribution in [0, 0.1) is 13.8 Å². The van der Waals surface area contributed by atoms with Gasteiger partial charge in [-0.25, -0.2) is 0 Å². The van der Waals surface area contributed by atoms with Gasteiger partial charge in [0, 0.05) is 17.7 Å². The number of nitrogens with one attached hydrogen (secondary N) is 1. The van der Waals surface area contributed by atoms with Crippen LogP contribution in [0.1, 0.15) is 48.9 Å². The molecule has 2 rings (SSSR count). The largest absolute Gasteiger partial charge is 0.485 e. The summed E-state index contributed by atoms with van der Waals surface area (Å²) in [5.74, 6) is 1.65. The summed E-state index contributed by atoms with van der Waals surface area (Å²) >= 11 is 0. The van der Waals surface area contributed by atoms with Crippen LogP contribution in [-0.4, -0.2) is 11.7 Å². The van der Waals surface area contributed by atoms with Gasteiger partial charge in [0.25, 0.3) is 0 Å². The second-order valence-electron chi connectivity index (χ2n) is 5.44. The fourth-order valence-electron chi connectivity index (χ4n) is 2.23. The summed E-state index contributed by atoms with van der Waals surface area (Å²) in [6.07, 6.45) is 1.11. The predicted octanol–water partition coefficient (Wildman–Crippen LogP) is 3.93. The second kappa shape index (κ2) is 7.27. The number of aromatic nitrogens is 1. The molecule has 0 fully saturated rings. The third-order valence-electron chi connectivity index (χ3n) is 3.38. The van der Waals surface area contributed by atoms with Crippen molar-refractivity contribution in [2.75, 3.05) is 6.54 Å². The van der Waals surface area contributed by atoms with Crippen molar-refractivity contribution in [1.29, 1.82) is 0 Å². The topological polar surface area (TPSA) is 47.3 Å². The number of nitrogens with zero attached hydrogens (tertiary/aromatic N) is 1. The zero-order valence-corrected chi connectivity index (χ0v) is 13.3. The van der Waals surface area contributed by atoms with E-state index in [9.17, 15) is 0 Å². The van der Waals surface area contributed by atoms with E-state index in [4.69, 9.17) is 9.26 Å². The van der Waals surface area contributed by atoms with E-state index < -0.39 is 0 Å². The van der Waals surface area contributed by atoms with Crippen molar-refractivity contribution in [2.24, 2.45) is 0 Å². The van der Waals surface area contributed by atoms with E-state index in [2.05, 4.69) is 49.4 Å². The minimum absolute atomic E-state index is 0.261. The molecule has 1 N–H and O–H groups in total. The molecule has 0 aliphatic heterocycles. The van der Waals surface area contributed by atoms with Gasteiger partial charge in [-0.05, 0) is 45.4 Å². The van der Waals surface area contributed by atoms with Crippen molar-refractivity contribution in [3.63, 3.8) is 0 Å². The normalized spacial score (nSPS) is 12.4. The molecular formula is C17H24N2O2. The lowest BCUT2D eigenvalue weighted by molar-refractivity contribution is 0.245. The first-order valence-corrected chi connectivity index (χ1v) is 7.49. The van der Waals surface area contributed by atoms with Gasteiger partial charge in [-0.15, -0.1) is 0 Å². The number of hydrogen-bond donors (Lipinski definition) is 1. The summed E-state index contributed by atoms with van der Waals surface area (Å²) in [6, 6.07) is 8.47. The van der Waals surface area contributed by atoms with Crippen LogP contribution in [0.3, 0.4) is 0 Å². The standard InChI is InChI=1S/C17H24N2O2/c1-5-8-18-14(4)16-7-6-12(2)9-17(16)20-11-15-10-13(3)19-21-15/h6-7,9-10,14,18H,5,8,11H2,1-4H3. The monoisotopic (exact) mass is 288 g/mol. The molecule has 1 heterocycles. The molecule has 0 radical (unpaired) electrons. The fraction of sp³-hybridized carbons (Fsp3) is 0.471. The Morgan fingerprint density at radius 3 is 2.76 bits per heavy atom. The molecule has 4 nitrogen and oxygen atoms in total. The van der Waals surface area contributed by atoms with Crippen LogP contribution >= 0.6 is 0 Å². The van der Waals surface area contributed by atoms with Crippen LogP contribution in [0.2, 0.25) is 0 Å². The van der Waals surface area contributed by atoms with Gasteiger partial charge in [0.2, 0.25) is 0 Å². The quantitative estimate of drug-likeness (QED) is 0.838. The predicted molar refractivity (Wildman–Crippen MR) is 83.5 cm³/mol. The minimum Gasteiger partial charge on any atom is -0.485 e. The molecule has 0 bridgehead atoms. The highest BCUT2D eigenvalue weighted by molar-refractivity contribution is 5.39. The van der Waals surface area contributed by atoms with E-state index >= 15 is 0 Å². The fourth-order valence-corrected chi connectivity index (χ4v) is 2.23. The van der Waals surface area contributed by atoms with E-state index in [0.29, 0.717) is 6.61 Å². The van der Waals surface area contributed by atoms with E-state index in [1.54, 1.807) is 0 Å². The molecule has 21 heavy (non-hydrogen) atoms. The summed E-state index contributed by atoms with van der Waals surface area (Å²) < 4.78 is 11.1. The number of benzene rings is 1. The lowest BCUT2D eigenvalue weighted by Crippen LogP contribution is -2.20. The molecular weight excluding hydrogens is 264 g/mol. The van der Waals surface area contributed by atoms with Gasteiger partial charge in [-0.2, -0.15) is 0 Å². The Bertz CT molecular complexity index is 578.